The highest BCUT2D eigenvalue weighted by atomic mass is 15.1. The van der Waals surface area contributed by atoms with Crippen molar-refractivity contribution in [3.63, 3.8) is 0 Å². The number of pyridine rings is 1. The van der Waals surface area contributed by atoms with E-state index in [4.69, 9.17) is 0 Å². The minimum Gasteiger partial charge on any atom is -0.375 e. The molecule has 1 aromatic carbocycles. The number of aromatic nitrogens is 1. The van der Waals surface area contributed by atoms with Crippen molar-refractivity contribution in [2.24, 2.45) is 0 Å². The Kier molecular flexibility index (Phi) is 3.94. The highest BCUT2D eigenvalue weighted by molar-refractivity contribution is 5.82. The number of nitrogens with zero attached hydrogens (tertiary/aromatic N) is 2. The topological polar surface area (TPSA) is 28.2 Å². The second kappa shape index (κ2) is 5.64. The van der Waals surface area contributed by atoms with Crippen LogP contribution in [-0.4, -0.2) is 32.2 Å². The third kappa shape index (κ3) is 2.94. The lowest BCUT2D eigenvalue weighted by atomic mass is 10.2. The Labute approximate surface area is 102 Å². The minimum atomic E-state index is 1.06. The predicted octanol–water partition coefficient (Wildman–Crippen LogP) is 2.28. The summed E-state index contributed by atoms with van der Waals surface area (Å²) in [7, 11) is 4.12. The molecule has 0 aliphatic heterocycles. The van der Waals surface area contributed by atoms with Crippen molar-refractivity contribution >= 4 is 16.6 Å². The molecule has 0 aliphatic carbocycles. The summed E-state index contributed by atoms with van der Waals surface area (Å²) in [5.41, 5.74) is 2.31. The molecule has 1 aromatic heterocycles. The van der Waals surface area contributed by atoms with Crippen molar-refractivity contribution in [2.75, 3.05) is 32.1 Å². The molecule has 1 N–H and O–H groups in total. The summed E-state index contributed by atoms with van der Waals surface area (Å²) in [5.74, 6) is 0. The fourth-order valence-corrected chi connectivity index (χ4v) is 1.92. The molecule has 0 saturated carbocycles. The van der Waals surface area contributed by atoms with Crippen molar-refractivity contribution in [3.8, 4) is 0 Å². The van der Waals surface area contributed by atoms with Crippen molar-refractivity contribution < 1.29 is 0 Å². The largest absolute Gasteiger partial charge is 0.375 e. The average molecular weight is 229 g/mol. The Morgan fingerprint density at radius 3 is 3.00 bits per heavy atom. The van der Waals surface area contributed by atoms with E-state index in [1.807, 2.05) is 19.3 Å². The molecule has 0 atom stereocenters. The molecule has 0 spiro atoms. The molecule has 1 heterocycles. The van der Waals surface area contributed by atoms with Gasteiger partial charge in [0.05, 0.1) is 5.52 Å². The zero-order chi connectivity index (χ0) is 12.1. The zero-order valence-electron chi connectivity index (χ0n) is 10.5. The van der Waals surface area contributed by atoms with Gasteiger partial charge in [-0.1, -0.05) is 6.07 Å². The van der Waals surface area contributed by atoms with E-state index in [-0.39, 0.29) is 0 Å². The summed E-state index contributed by atoms with van der Waals surface area (Å²) in [5, 5.41) is 4.37. The molecule has 3 nitrogen and oxygen atoms in total. The second-order valence-corrected chi connectivity index (χ2v) is 4.26. The highest BCUT2D eigenvalue weighted by Gasteiger charge is 2.01. The lowest BCUT2D eigenvalue weighted by Gasteiger charge is -2.19. The summed E-state index contributed by atoms with van der Waals surface area (Å²) in [6.07, 6.45) is 2.98. The van der Waals surface area contributed by atoms with Crippen LogP contribution in [0, 0.1) is 0 Å². The third-order valence-corrected chi connectivity index (χ3v) is 2.95. The number of anilines is 1. The van der Waals surface area contributed by atoms with E-state index in [9.17, 15) is 0 Å². The lowest BCUT2D eigenvalue weighted by molar-refractivity contribution is 0.713. The fourth-order valence-electron chi connectivity index (χ4n) is 1.92. The van der Waals surface area contributed by atoms with Crippen LogP contribution in [0.25, 0.3) is 10.9 Å². The Morgan fingerprint density at radius 2 is 2.18 bits per heavy atom. The molecule has 90 valence electrons. The molecule has 17 heavy (non-hydrogen) atoms. The first-order valence-electron chi connectivity index (χ1n) is 6.02. The lowest BCUT2D eigenvalue weighted by Crippen LogP contribution is -2.22. The molecule has 0 aliphatic rings. The van der Waals surface area contributed by atoms with Crippen LogP contribution in [0.3, 0.4) is 0 Å². The van der Waals surface area contributed by atoms with Gasteiger partial charge in [-0.25, -0.2) is 0 Å². The molecular weight excluding hydrogens is 210 g/mol. The van der Waals surface area contributed by atoms with Gasteiger partial charge in [0.25, 0.3) is 0 Å². The van der Waals surface area contributed by atoms with E-state index in [0.29, 0.717) is 0 Å². The SMILES string of the molecule is CNCCCN(C)c1ccc2ncccc2c1. The van der Waals surface area contributed by atoms with Gasteiger partial charge in [-0.15, -0.1) is 0 Å². The Morgan fingerprint density at radius 1 is 1.29 bits per heavy atom. The van der Waals surface area contributed by atoms with Gasteiger partial charge in [-0.05, 0) is 44.3 Å². The first-order chi connectivity index (χ1) is 8.31. The van der Waals surface area contributed by atoms with Gasteiger partial charge in [0, 0.05) is 30.9 Å². The maximum absolute atomic E-state index is 4.33. The number of rotatable bonds is 5. The number of fused-ring (bicyclic) bond motifs is 1. The first kappa shape index (κ1) is 11.9. The molecule has 0 amide bonds. The van der Waals surface area contributed by atoms with E-state index < -0.39 is 0 Å². The van der Waals surface area contributed by atoms with Gasteiger partial charge in [-0.3, -0.25) is 4.98 Å². The Balaban J connectivity index is 2.12. The van der Waals surface area contributed by atoms with Gasteiger partial charge in [0.2, 0.25) is 0 Å². The van der Waals surface area contributed by atoms with Gasteiger partial charge in [-0.2, -0.15) is 0 Å². The molecule has 2 aromatic rings. The van der Waals surface area contributed by atoms with Crippen molar-refractivity contribution in [2.45, 2.75) is 6.42 Å². The third-order valence-electron chi connectivity index (χ3n) is 2.95. The van der Waals surface area contributed by atoms with Crippen LogP contribution in [0.2, 0.25) is 0 Å². The number of hydrogen-bond acceptors (Lipinski definition) is 3. The predicted molar refractivity (Wildman–Crippen MR) is 73.6 cm³/mol. The van der Waals surface area contributed by atoms with Crippen LogP contribution in [0.15, 0.2) is 36.5 Å². The van der Waals surface area contributed by atoms with Crippen LogP contribution >= 0.6 is 0 Å². The van der Waals surface area contributed by atoms with Gasteiger partial charge < -0.3 is 10.2 Å². The summed E-state index contributed by atoms with van der Waals surface area (Å²) in [6, 6.07) is 10.5. The van der Waals surface area contributed by atoms with Crippen molar-refractivity contribution in [1.82, 2.24) is 10.3 Å². The van der Waals surface area contributed by atoms with E-state index in [1.54, 1.807) is 0 Å². The van der Waals surface area contributed by atoms with Crippen LogP contribution in [0.4, 0.5) is 5.69 Å². The molecule has 0 radical (unpaired) electrons. The molecule has 3 heteroatoms. The van der Waals surface area contributed by atoms with Crippen molar-refractivity contribution in [1.29, 1.82) is 0 Å². The highest BCUT2D eigenvalue weighted by Crippen LogP contribution is 2.19. The normalized spacial score (nSPS) is 10.7. The molecule has 2 rings (SSSR count). The first-order valence-corrected chi connectivity index (χ1v) is 6.02. The molecule has 0 bridgehead atoms. The number of nitrogens with one attached hydrogen (secondary N) is 1. The van der Waals surface area contributed by atoms with Crippen LogP contribution < -0.4 is 10.2 Å². The maximum Gasteiger partial charge on any atom is 0.0703 e. The van der Waals surface area contributed by atoms with E-state index >= 15 is 0 Å². The summed E-state index contributed by atoms with van der Waals surface area (Å²) < 4.78 is 0. The molecule has 0 unspecified atom stereocenters. The smallest absolute Gasteiger partial charge is 0.0703 e. The minimum absolute atomic E-state index is 1.06. The summed E-state index contributed by atoms with van der Waals surface area (Å²) >= 11 is 0. The van der Waals surface area contributed by atoms with Crippen LogP contribution in [0.1, 0.15) is 6.42 Å². The summed E-state index contributed by atoms with van der Waals surface area (Å²) in [4.78, 5) is 6.61. The van der Waals surface area contributed by atoms with E-state index in [2.05, 4.69) is 46.5 Å². The van der Waals surface area contributed by atoms with Crippen molar-refractivity contribution in [3.05, 3.63) is 36.5 Å². The Bertz CT molecular complexity index is 482. The number of benzene rings is 1. The van der Waals surface area contributed by atoms with E-state index in [0.717, 1.165) is 25.0 Å². The van der Waals surface area contributed by atoms with Crippen LogP contribution in [0.5, 0.6) is 0 Å². The fraction of sp³-hybridized carbons (Fsp3) is 0.357. The van der Waals surface area contributed by atoms with Gasteiger partial charge in [0.15, 0.2) is 0 Å². The molecule has 0 saturated heterocycles. The van der Waals surface area contributed by atoms with Gasteiger partial charge >= 0.3 is 0 Å². The van der Waals surface area contributed by atoms with E-state index in [1.165, 1.54) is 11.1 Å². The number of hydrogen-bond donors (Lipinski definition) is 1. The second-order valence-electron chi connectivity index (χ2n) is 4.26. The quantitative estimate of drug-likeness (QED) is 0.797. The van der Waals surface area contributed by atoms with Gasteiger partial charge in [0.1, 0.15) is 0 Å². The summed E-state index contributed by atoms with van der Waals surface area (Å²) in [6.45, 7) is 2.12. The average Bonchev–Trinajstić information content (AvgIpc) is 2.38. The maximum atomic E-state index is 4.33. The van der Waals surface area contributed by atoms with Crippen LogP contribution in [-0.2, 0) is 0 Å². The molecular formula is C14H19N3. The monoisotopic (exact) mass is 229 g/mol. The standard InChI is InChI=1S/C14H19N3/c1-15-8-4-10-17(2)13-6-7-14-12(11-13)5-3-9-16-14/h3,5-7,9,11,15H,4,8,10H2,1-2H3. The molecule has 0 fully saturated rings. The Hall–Kier alpha value is -1.61. The zero-order valence-corrected chi connectivity index (χ0v) is 10.5.